The smallest absolute Gasteiger partial charge is 0.269 e. The van der Waals surface area contributed by atoms with Crippen LogP contribution in [-0.4, -0.2) is 47.9 Å². The van der Waals surface area contributed by atoms with E-state index in [4.69, 9.17) is 0 Å². The summed E-state index contributed by atoms with van der Waals surface area (Å²) >= 11 is 0. The lowest BCUT2D eigenvalue weighted by molar-refractivity contribution is -0.128. The summed E-state index contributed by atoms with van der Waals surface area (Å²) in [5, 5.41) is 5.71. The van der Waals surface area contributed by atoms with Crippen molar-refractivity contribution < 1.29 is 9.59 Å². The fourth-order valence-electron chi connectivity index (χ4n) is 1.78. The van der Waals surface area contributed by atoms with Gasteiger partial charge in [0, 0.05) is 31.5 Å². The largest absolute Gasteiger partial charge is 0.376 e. The lowest BCUT2D eigenvalue weighted by Crippen LogP contribution is -2.35. The first-order valence-corrected chi connectivity index (χ1v) is 6.88. The predicted octanol–water partition coefficient (Wildman–Crippen LogP) is 1.11. The van der Waals surface area contributed by atoms with Crippen LogP contribution in [0.5, 0.6) is 0 Å². The number of aromatic nitrogens is 1. The summed E-state index contributed by atoms with van der Waals surface area (Å²) in [4.78, 5) is 29.3. The Hall–Kier alpha value is -2.11. The maximum Gasteiger partial charge on any atom is 0.269 e. The fourth-order valence-corrected chi connectivity index (χ4v) is 1.78. The Bertz CT molecular complexity index is 458. The average molecular weight is 278 g/mol. The van der Waals surface area contributed by atoms with Gasteiger partial charge in [-0.15, -0.1) is 0 Å². The molecule has 0 fully saturated rings. The molecule has 0 aromatic carbocycles. The van der Waals surface area contributed by atoms with Gasteiger partial charge in [0.2, 0.25) is 5.91 Å². The summed E-state index contributed by atoms with van der Waals surface area (Å²) in [5.74, 6) is -0.183. The van der Waals surface area contributed by atoms with E-state index in [1.807, 2.05) is 20.8 Å². The van der Waals surface area contributed by atoms with Crippen LogP contribution in [0.25, 0.3) is 0 Å². The van der Waals surface area contributed by atoms with Crippen LogP contribution in [0.3, 0.4) is 0 Å². The molecule has 0 aliphatic rings. The molecule has 0 atom stereocenters. The molecule has 0 aliphatic carbocycles. The Morgan fingerprint density at radius 2 is 1.95 bits per heavy atom. The van der Waals surface area contributed by atoms with E-state index in [0.717, 1.165) is 0 Å². The van der Waals surface area contributed by atoms with Crippen molar-refractivity contribution in [2.75, 3.05) is 31.5 Å². The van der Waals surface area contributed by atoms with E-state index in [9.17, 15) is 9.59 Å². The van der Waals surface area contributed by atoms with Crippen molar-refractivity contribution in [2.45, 2.75) is 20.8 Å². The number of anilines is 1. The summed E-state index contributed by atoms with van der Waals surface area (Å²) in [6.07, 6.45) is 1.55. The third kappa shape index (κ3) is 4.53. The molecular weight excluding hydrogens is 256 g/mol. The number of amides is 2. The molecule has 0 unspecified atom stereocenters. The topological polar surface area (TPSA) is 74.3 Å². The van der Waals surface area contributed by atoms with Gasteiger partial charge >= 0.3 is 0 Å². The number of pyridine rings is 1. The molecule has 0 aliphatic heterocycles. The van der Waals surface area contributed by atoms with E-state index < -0.39 is 0 Å². The van der Waals surface area contributed by atoms with Gasteiger partial charge in [0.15, 0.2) is 0 Å². The molecule has 0 bridgehead atoms. The van der Waals surface area contributed by atoms with Crippen LogP contribution in [0, 0.1) is 0 Å². The molecule has 2 N–H and O–H groups in total. The molecule has 0 radical (unpaired) electrons. The van der Waals surface area contributed by atoms with E-state index >= 15 is 0 Å². The molecule has 20 heavy (non-hydrogen) atoms. The Labute approximate surface area is 119 Å². The third-order valence-corrected chi connectivity index (χ3v) is 2.89. The maximum atomic E-state index is 11.9. The van der Waals surface area contributed by atoms with E-state index in [2.05, 4.69) is 15.6 Å². The number of hydrogen-bond acceptors (Lipinski definition) is 4. The first kappa shape index (κ1) is 15.9. The van der Waals surface area contributed by atoms with Crippen LogP contribution in [-0.2, 0) is 4.79 Å². The SMILES string of the molecule is CCNC(=O)c1cc(NCC(=O)N(CC)CC)ccn1. The van der Waals surface area contributed by atoms with Crippen LogP contribution in [0.4, 0.5) is 5.69 Å². The van der Waals surface area contributed by atoms with Crippen molar-refractivity contribution in [3.05, 3.63) is 24.0 Å². The Morgan fingerprint density at radius 1 is 1.25 bits per heavy atom. The molecule has 6 heteroatoms. The summed E-state index contributed by atoms with van der Waals surface area (Å²) in [7, 11) is 0. The molecule has 1 heterocycles. The highest BCUT2D eigenvalue weighted by Gasteiger charge is 2.10. The van der Waals surface area contributed by atoms with Gasteiger partial charge in [-0.2, -0.15) is 0 Å². The second-order valence-electron chi connectivity index (χ2n) is 4.21. The van der Waals surface area contributed by atoms with Crippen LogP contribution in [0.2, 0.25) is 0 Å². The van der Waals surface area contributed by atoms with Crippen molar-refractivity contribution in [3.8, 4) is 0 Å². The van der Waals surface area contributed by atoms with Gasteiger partial charge in [0.1, 0.15) is 5.69 Å². The quantitative estimate of drug-likeness (QED) is 0.783. The number of nitrogens with one attached hydrogen (secondary N) is 2. The summed E-state index contributed by atoms with van der Waals surface area (Å²) in [6.45, 7) is 7.89. The Morgan fingerprint density at radius 3 is 2.55 bits per heavy atom. The predicted molar refractivity (Wildman–Crippen MR) is 78.7 cm³/mol. The lowest BCUT2D eigenvalue weighted by atomic mass is 10.3. The molecule has 6 nitrogen and oxygen atoms in total. The highest BCUT2D eigenvalue weighted by molar-refractivity contribution is 5.93. The van der Waals surface area contributed by atoms with E-state index in [1.54, 1.807) is 23.2 Å². The highest BCUT2D eigenvalue weighted by Crippen LogP contribution is 2.07. The summed E-state index contributed by atoms with van der Waals surface area (Å²) in [6, 6.07) is 3.37. The summed E-state index contributed by atoms with van der Waals surface area (Å²) < 4.78 is 0. The Balaban J connectivity index is 2.63. The molecular formula is C14H22N4O2. The molecule has 0 saturated carbocycles. The van der Waals surface area contributed by atoms with Crippen molar-refractivity contribution >= 4 is 17.5 Å². The molecule has 110 valence electrons. The highest BCUT2D eigenvalue weighted by atomic mass is 16.2. The van der Waals surface area contributed by atoms with Crippen LogP contribution >= 0.6 is 0 Å². The van der Waals surface area contributed by atoms with Crippen molar-refractivity contribution in [3.63, 3.8) is 0 Å². The molecule has 1 aromatic heterocycles. The number of rotatable bonds is 7. The zero-order valence-corrected chi connectivity index (χ0v) is 12.3. The minimum Gasteiger partial charge on any atom is -0.376 e. The Kier molecular flexibility index (Phi) is 6.49. The number of carbonyl (C=O) groups excluding carboxylic acids is 2. The second-order valence-corrected chi connectivity index (χ2v) is 4.21. The molecule has 1 aromatic rings. The van der Waals surface area contributed by atoms with Crippen LogP contribution in [0.1, 0.15) is 31.3 Å². The van der Waals surface area contributed by atoms with Gasteiger partial charge in [-0.1, -0.05) is 0 Å². The minimum atomic E-state index is -0.216. The van der Waals surface area contributed by atoms with Gasteiger partial charge in [-0.3, -0.25) is 14.6 Å². The molecule has 1 rings (SSSR count). The number of hydrogen-bond donors (Lipinski definition) is 2. The van der Waals surface area contributed by atoms with Crippen LogP contribution < -0.4 is 10.6 Å². The maximum absolute atomic E-state index is 11.9. The van der Waals surface area contributed by atoms with Crippen molar-refractivity contribution in [1.29, 1.82) is 0 Å². The van der Waals surface area contributed by atoms with E-state index in [0.29, 0.717) is 31.0 Å². The summed E-state index contributed by atoms with van der Waals surface area (Å²) in [5.41, 5.74) is 1.05. The number of nitrogens with zero attached hydrogens (tertiary/aromatic N) is 2. The van der Waals surface area contributed by atoms with Crippen LogP contribution in [0.15, 0.2) is 18.3 Å². The van der Waals surface area contributed by atoms with Crippen molar-refractivity contribution in [2.24, 2.45) is 0 Å². The van der Waals surface area contributed by atoms with Gasteiger partial charge < -0.3 is 15.5 Å². The molecule has 0 spiro atoms. The van der Waals surface area contributed by atoms with E-state index in [1.165, 1.54) is 0 Å². The fraction of sp³-hybridized carbons (Fsp3) is 0.500. The van der Waals surface area contributed by atoms with E-state index in [-0.39, 0.29) is 18.4 Å². The van der Waals surface area contributed by atoms with Crippen molar-refractivity contribution in [1.82, 2.24) is 15.2 Å². The zero-order valence-electron chi connectivity index (χ0n) is 12.3. The lowest BCUT2D eigenvalue weighted by Gasteiger charge is -2.19. The van der Waals surface area contributed by atoms with Gasteiger partial charge in [-0.05, 0) is 32.9 Å². The number of carbonyl (C=O) groups is 2. The minimum absolute atomic E-state index is 0.0337. The first-order valence-electron chi connectivity index (χ1n) is 6.88. The van der Waals surface area contributed by atoms with Gasteiger partial charge in [0.25, 0.3) is 5.91 Å². The second kappa shape index (κ2) is 8.14. The monoisotopic (exact) mass is 278 g/mol. The number of likely N-dealkylation sites (N-methyl/N-ethyl adjacent to an activating group) is 1. The molecule has 0 saturated heterocycles. The average Bonchev–Trinajstić information content (AvgIpc) is 2.47. The zero-order chi connectivity index (χ0) is 15.0. The molecule has 2 amide bonds. The van der Waals surface area contributed by atoms with Gasteiger partial charge in [-0.25, -0.2) is 0 Å². The first-order chi connectivity index (χ1) is 9.62. The standard InChI is InChI=1S/C14H22N4O2/c1-4-15-14(20)12-9-11(7-8-16-12)17-10-13(19)18(5-2)6-3/h7-9H,4-6,10H2,1-3H3,(H,15,20)(H,16,17). The van der Waals surface area contributed by atoms with Gasteiger partial charge in [0.05, 0.1) is 6.54 Å². The third-order valence-electron chi connectivity index (χ3n) is 2.89. The normalized spacial score (nSPS) is 9.95.